The highest BCUT2D eigenvalue weighted by atomic mass is 19.4. The average molecular weight is 576 g/mol. The third-order valence-corrected chi connectivity index (χ3v) is 5.46. The number of carbonyl (C=O) groups is 2. The molecule has 2 heterocycles. The van der Waals surface area contributed by atoms with E-state index in [0.29, 0.717) is 0 Å². The van der Waals surface area contributed by atoms with Crippen molar-refractivity contribution in [2.24, 2.45) is 0 Å². The Morgan fingerprint density at radius 3 is 2.31 bits per heavy atom. The van der Waals surface area contributed by atoms with Gasteiger partial charge in [0.2, 0.25) is 0 Å². The van der Waals surface area contributed by atoms with Gasteiger partial charge in [0.25, 0.3) is 5.91 Å². The molecule has 39 heavy (non-hydrogen) atoms. The van der Waals surface area contributed by atoms with E-state index in [-0.39, 0.29) is 19.0 Å². The molecule has 222 valence electrons. The van der Waals surface area contributed by atoms with Crippen molar-refractivity contribution in [2.45, 2.75) is 69.3 Å². The summed E-state index contributed by atoms with van der Waals surface area (Å²) >= 11 is 0. The molecule has 1 aromatic rings. The third kappa shape index (κ3) is 11.0. The molecule has 1 aromatic heterocycles. The number of alkyl halides is 6. The number of halogens is 6. The number of nitrogens with zero attached hydrogens (tertiary/aromatic N) is 1. The van der Waals surface area contributed by atoms with E-state index < -0.39 is 98.9 Å². The number of ether oxygens (including phenoxy) is 5. The molecule has 1 saturated heterocycles. The van der Waals surface area contributed by atoms with Crippen LogP contribution in [0.1, 0.15) is 43.1 Å². The van der Waals surface area contributed by atoms with Crippen LogP contribution in [0.15, 0.2) is 12.3 Å². The number of amides is 1. The molecular formula is C23H30F6N2O8. The van der Waals surface area contributed by atoms with E-state index in [2.05, 4.69) is 10.3 Å². The fourth-order valence-electron chi connectivity index (χ4n) is 3.58. The molecule has 2 rings (SSSR count). The molecule has 1 fully saturated rings. The second-order valence-corrected chi connectivity index (χ2v) is 8.60. The highest BCUT2D eigenvalue weighted by Crippen LogP contribution is 2.28. The van der Waals surface area contributed by atoms with E-state index in [4.69, 9.17) is 23.7 Å². The fourth-order valence-corrected chi connectivity index (χ4v) is 3.58. The minimum absolute atomic E-state index is 0.0481. The minimum Gasteiger partial charge on any atom is -0.503 e. The molecule has 1 amide bonds. The summed E-state index contributed by atoms with van der Waals surface area (Å²) in [5.74, 6) is -2.60. The molecule has 0 radical (unpaired) electrons. The quantitative estimate of drug-likeness (QED) is 0.232. The lowest BCUT2D eigenvalue weighted by molar-refractivity contribution is -0.173. The molecule has 1 aliphatic heterocycles. The second kappa shape index (κ2) is 14.5. The Bertz CT molecular complexity index is 946. The Balaban J connectivity index is 2.13. The van der Waals surface area contributed by atoms with Crippen molar-refractivity contribution in [3.05, 3.63) is 18.0 Å². The van der Waals surface area contributed by atoms with Crippen LogP contribution in [0.2, 0.25) is 0 Å². The van der Waals surface area contributed by atoms with E-state index in [1.54, 1.807) is 0 Å². The SMILES string of the molecule is COc1ccnc(C(=O)NC2COCC(OCCCC(F)(F)F)C(OCCCC(F)(F)F)C(C)OC2=O)c1O. The van der Waals surface area contributed by atoms with Crippen LogP contribution in [0.5, 0.6) is 11.5 Å². The summed E-state index contributed by atoms with van der Waals surface area (Å²) in [5, 5.41) is 12.5. The average Bonchev–Trinajstić information content (AvgIpc) is 2.88. The normalized spacial score (nSPS) is 22.8. The standard InChI is InChI=1S/C23H30F6N2O8/c1-13-19(38-10-4-7-23(27,28)29)16(37-9-3-6-22(24,25)26)12-36-11-14(21(34)39-13)31-20(33)17-18(32)15(35-2)5-8-30-17/h5,8,13-14,16,19,32H,3-4,6-7,9-12H2,1-2H3,(H,31,33). The summed E-state index contributed by atoms with van der Waals surface area (Å²) in [5.41, 5.74) is -0.452. The number of nitrogens with one attached hydrogen (secondary N) is 1. The van der Waals surface area contributed by atoms with Crippen LogP contribution in [0, 0.1) is 0 Å². The van der Waals surface area contributed by atoms with Crippen molar-refractivity contribution >= 4 is 11.9 Å². The Hall–Kier alpha value is -2.85. The lowest BCUT2D eigenvalue weighted by atomic mass is 10.1. The van der Waals surface area contributed by atoms with E-state index >= 15 is 0 Å². The number of rotatable bonds is 11. The van der Waals surface area contributed by atoms with Crippen LogP contribution in [-0.2, 0) is 23.7 Å². The molecule has 16 heteroatoms. The van der Waals surface area contributed by atoms with Crippen LogP contribution in [-0.4, -0.2) is 92.2 Å². The molecule has 10 nitrogen and oxygen atoms in total. The molecule has 0 spiro atoms. The molecule has 2 N–H and O–H groups in total. The van der Waals surface area contributed by atoms with Gasteiger partial charge in [0, 0.05) is 38.3 Å². The summed E-state index contributed by atoms with van der Waals surface area (Å²) in [7, 11) is 1.25. The lowest BCUT2D eigenvalue weighted by Crippen LogP contribution is -2.47. The van der Waals surface area contributed by atoms with Crippen LogP contribution in [0.4, 0.5) is 26.3 Å². The maximum Gasteiger partial charge on any atom is 0.389 e. The number of cyclic esters (lactones) is 1. The van der Waals surface area contributed by atoms with E-state index in [1.165, 1.54) is 26.3 Å². The van der Waals surface area contributed by atoms with Gasteiger partial charge in [0.05, 0.1) is 20.3 Å². The molecule has 0 aromatic carbocycles. The van der Waals surface area contributed by atoms with Gasteiger partial charge in [-0.05, 0) is 19.8 Å². The van der Waals surface area contributed by atoms with Crippen LogP contribution in [0.3, 0.4) is 0 Å². The summed E-state index contributed by atoms with van der Waals surface area (Å²) in [6.07, 6.45) is -14.2. The van der Waals surface area contributed by atoms with Gasteiger partial charge in [0.15, 0.2) is 23.2 Å². The highest BCUT2D eigenvalue weighted by Gasteiger charge is 2.37. The summed E-state index contributed by atoms with van der Waals surface area (Å²) in [6, 6.07) is -0.114. The van der Waals surface area contributed by atoms with E-state index in [1.807, 2.05) is 0 Å². The van der Waals surface area contributed by atoms with Crippen molar-refractivity contribution in [1.82, 2.24) is 10.3 Å². The Morgan fingerprint density at radius 1 is 1.10 bits per heavy atom. The van der Waals surface area contributed by atoms with Crippen molar-refractivity contribution in [1.29, 1.82) is 0 Å². The number of hydrogen-bond donors (Lipinski definition) is 2. The first-order valence-electron chi connectivity index (χ1n) is 11.9. The van der Waals surface area contributed by atoms with Gasteiger partial charge in [-0.1, -0.05) is 0 Å². The van der Waals surface area contributed by atoms with Gasteiger partial charge >= 0.3 is 18.3 Å². The molecule has 1 aliphatic rings. The van der Waals surface area contributed by atoms with Crippen LogP contribution in [0.25, 0.3) is 0 Å². The first-order chi connectivity index (χ1) is 18.2. The van der Waals surface area contributed by atoms with E-state index in [0.717, 1.165) is 0 Å². The van der Waals surface area contributed by atoms with Crippen LogP contribution < -0.4 is 10.1 Å². The predicted molar refractivity (Wildman–Crippen MR) is 120 cm³/mol. The number of hydrogen-bond acceptors (Lipinski definition) is 9. The largest absolute Gasteiger partial charge is 0.503 e. The van der Waals surface area contributed by atoms with E-state index in [9.17, 15) is 41.0 Å². The number of pyridine rings is 1. The summed E-state index contributed by atoms with van der Waals surface area (Å²) in [6.45, 7) is -0.234. The molecule has 0 bridgehead atoms. The van der Waals surface area contributed by atoms with Gasteiger partial charge < -0.3 is 34.1 Å². The first-order valence-corrected chi connectivity index (χ1v) is 11.9. The first kappa shape index (κ1) is 32.4. The maximum absolute atomic E-state index is 12.8. The highest BCUT2D eigenvalue weighted by molar-refractivity contribution is 5.98. The van der Waals surface area contributed by atoms with Crippen molar-refractivity contribution in [3.63, 3.8) is 0 Å². The topological polar surface area (TPSA) is 125 Å². The van der Waals surface area contributed by atoms with Crippen molar-refractivity contribution in [3.8, 4) is 11.5 Å². The summed E-state index contributed by atoms with van der Waals surface area (Å²) in [4.78, 5) is 29.2. The number of carbonyl (C=O) groups excluding carboxylic acids is 2. The number of aromatic nitrogens is 1. The zero-order valence-corrected chi connectivity index (χ0v) is 21.1. The van der Waals surface area contributed by atoms with Gasteiger partial charge in [0.1, 0.15) is 18.3 Å². The molecular weight excluding hydrogens is 546 g/mol. The number of methoxy groups -OCH3 is 1. The van der Waals surface area contributed by atoms with Crippen LogP contribution >= 0.6 is 0 Å². The molecule has 4 unspecified atom stereocenters. The molecule has 0 saturated carbocycles. The maximum atomic E-state index is 12.8. The number of aromatic hydroxyl groups is 1. The van der Waals surface area contributed by atoms with Gasteiger partial charge in [-0.25, -0.2) is 9.78 Å². The predicted octanol–water partition coefficient (Wildman–Crippen LogP) is 3.31. The zero-order valence-electron chi connectivity index (χ0n) is 21.1. The Morgan fingerprint density at radius 2 is 1.72 bits per heavy atom. The summed E-state index contributed by atoms with van der Waals surface area (Å²) < 4.78 is 102. The lowest BCUT2D eigenvalue weighted by Gasteiger charge is -2.30. The molecule has 0 aliphatic carbocycles. The van der Waals surface area contributed by atoms with Crippen molar-refractivity contribution in [2.75, 3.05) is 33.5 Å². The van der Waals surface area contributed by atoms with Gasteiger partial charge in [-0.15, -0.1) is 0 Å². The van der Waals surface area contributed by atoms with Gasteiger partial charge in [-0.2, -0.15) is 26.3 Å². The Labute approximate surface area is 219 Å². The Kier molecular flexibility index (Phi) is 12.0. The fraction of sp³-hybridized carbons (Fsp3) is 0.696. The smallest absolute Gasteiger partial charge is 0.389 e. The third-order valence-electron chi connectivity index (χ3n) is 5.46. The zero-order chi connectivity index (χ0) is 29.2. The molecule has 4 atom stereocenters. The van der Waals surface area contributed by atoms with Crippen molar-refractivity contribution < 1.29 is 64.7 Å². The second-order valence-electron chi connectivity index (χ2n) is 8.60. The minimum atomic E-state index is -4.42. The monoisotopic (exact) mass is 576 g/mol. The number of esters is 1. The van der Waals surface area contributed by atoms with Gasteiger partial charge in [-0.3, -0.25) is 4.79 Å².